The second-order valence-electron chi connectivity index (χ2n) is 5.44. The third kappa shape index (κ3) is 5.49. The Morgan fingerprint density at radius 1 is 0.889 bits per heavy atom. The molecule has 0 aliphatic heterocycles. The highest BCUT2D eigenvalue weighted by Crippen LogP contribution is 2.39. The number of hydrogen-bond donors (Lipinski definition) is 2. The highest BCUT2D eigenvalue weighted by atomic mass is 32.1. The lowest BCUT2D eigenvalue weighted by atomic mass is 10.1. The first-order valence-corrected chi connectivity index (χ1v) is 8.45. The second kappa shape index (κ2) is 9.63. The van der Waals surface area contributed by atoms with Crippen molar-refractivity contribution in [2.45, 2.75) is 6.42 Å². The van der Waals surface area contributed by atoms with Crippen LogP contribution in [0.5, 0.6) is 17.2 Å². The van der Waals surface area contributed by atoms with Crippen LogP contribution < -0.4 is 24.8 Å². The summed E-state index contributed by atoms with van der Waals surface area (Å²) in [7, 11) is 6.01. The Kier molecular flexibility index (Phi) is 7.25. The van der Waals surface area contributed by atoms with Gasteiger partial charge in [-0.25, -0.2) is 0 Å². The van der Waals surface area contributed by atoms with Crippen molar-refractivity contribution in [2.24, 2.45) is 0 Å². The summed E-state index contributed by atoms with van der Waals surface area (Å²) in [5.41, 5.74) is 2.33. The maximum atomic E-state index is 11.3. The van der Waals surface area contributed by atoms with Crippen LogP contribution in [-0.2, 0) is 16.0 Å². The third-order valence-corrected chi connectivity index (χ3v) is 3.91. The van der Waals surface area contributed by atoms with E-state index < -0.39 is 0 Å². The Labute approximate surface area is 163 Å². The minimum Gasteiger partial charge on any atom is -0.493 e. The summed E-state index contributed by atoms with van der Waals surface area (Å²) in [5, 5.41) is 6.55. The van der Waals surface area contributed by atoms with E-state index in [-0.39, 0.29) is 12.4 Å². The predicted molar refractivity (Wildman–Crippen MR) is 108 cm³/mol. The first-order chi connectivity index (χ1) is 13.0. The molecule has 0 aliphatic rings. The van der Waals surface area contributed by atoms with E-state index >= 15 is 0 Å². The van der Waals surface area contributed by atoms with Gasteiger partial charge in [0.2, 0.25) is 5.75 Å². The molecule has 0 radical (unpaired) electrons. The molecule has 2 aromatic rings. The number of ether oxygens (including phenoxy) is 4. The van der Waals surface area contributed by atoms with E-state index in [4.69, 9.17) is 26.4 Å². The number of rotatable bonds is 7. The average molecular weight is 390 g/mol. The summed E-state index contributed by atoms with van der Waals surface area (Å²) < 4.78 is 20.6. The summed E-state index contributed by atoms with van der Waals surface area (Å²) in [6.07, 6.45) is 0.227. The van der Waals surface area contributed by atoms with Crippen molar-refractivity contribution >= 4 is 34.7 Å². The van der Waals surface area contributed by atoms with Crippen LogP contribution in [0.3, 0.4) is 0 Å². The van der Waals surface area contributed by atoms with Gasteiger partial charge in [0.1, 0.15) is 0 Å². The number of carbonyl (C=O) groups excluding carboxylic acids is 1. The summed E-state index contributed by atoms with van der Waals surface area (Å²) in [6.45, 7) is 0. The van der Waals surface area contributed by atoms with Gasteiger partial charge in [0.05, 0.1) is 34.9 Å². The standard InChI is InChI=1S/C19H22N2O5S/c1-23-15-10-14(11-16(24-2)18(15)26-4)21-19(27)20-13-7-5-12(6-8-13)9-17(22)25-3/h5-8,10-11H,9H2,1-4H3,(H2,20,21,27). The number of methoxy groups -OCH3 is 4. The van der Waals surface area contributed by atoms with Crippen LogP contribution in [0.1, 0.15) is 5.56 Å². The van der Waals surface area contributed by atoms with Gasteiger partial charge in [-0.2, -0.15) is 0 Å². The van der Waals surface area contributed by atoms with Crippen molar-refractivity contribution in [3.05, 3.63) is 42.0 Å². The minimum atomic E-state index is -0.282. The van der Waals surface area contributed by atoms with Crippen LogP contribution in [-0.4, -0.2) is 39.5 Å². The van der Waals surface area contributed by atoms with E-state index in [0.29, 0.717) is 28.0 Å². The fourth-order valence-electron chi connectivity index (χ4n) is 2.39. The first kappa shape index (κ1) is 20.3. The number of esters is 1. The molecule has 0 amide bonds. The number of thiocarbonyl (C=S) groups is 1. The van der Waals surface area contributed by atoms with E-state index in [1.165, 1.54) is 7.11 Å². The molecule has 0 atom stereocenters. The average Bonchev–Trinajstić information content (AvgIpc) is 2.68. The fourth-order valence-corrected chi connectivity index (χ4v) is 2.63. The molecule has 7 nitrogen and oxygen atoms in total. The SMILES string of the molecule is COC(=O)Cc1ccc(NC(=S)Nc2cc(OC)c(OC)c(OC)c2)cc1. The van der Waals surface area contributed by atoms with Gasteiger partial charge in [0.15, 0.2) is 16.6 Å². The van der Waals surface area contributed by atoms with E-state index in [2.05, 4.69) is 15.4 Å². The van der Waals surface area contributed by atoms with Gasteiger partial charge in [0.25, 0.3) is 0 Å². The van der Waals surface area contributed by atoms with Crippen LogP contribution >= 0.6 is 12.2 Å². The predicted octanol–water partition coefficient (Wildman–Crippen LogP) is 3.24. The molecule has 0 aromatic heterocycles. The summed E-state index contributed by atoms with van der Waals surface area (Å²) in [6, 6.07) is 10.9. The Morgan fingerprint density at radius 3 is 1.93 bits per heavy atom. The molecule has 0 bridgehead atoms. The zero-order chi connectivity index (χ0) is 19.8. The Balaban J connectivity index is 2.06. The summed E-state index contributed by atoms with van der Waals surface area (Å²) in [4.78, 5) is 11.3. The molecule has 27 heavy (non-hydrogen) atoms. The van der Waals surface area contributed by atoms with Gasteiger partial charge in [0, 0.05) is 23.5 Å². The molecular formula is C19H22N2O5S. The van der Waals surface area contributed by atoms with Crippen molar-refractivity contribution in [3.8, 4) is 17.2 Å². The maximum absolute atomic E-state index is 11.3. The third-order valence-electron chi connectivity index (χ3n) is 3.71. The molecule has 2 N–H and O–H groups in total. The molecule has 0 spiro atoms. The van der Waals surface area contributed by atoms with Crippen molar-refractivity contribution in [2.75, 3.05) is 39.1 Å². The molecule has 2 rings (SSSR count). The van der Waals surface area contributed by atoms with Gasteiger partial charge in [-0.15, -0.1) is 0 Å². The van der Waals surface area contributed by atoms with Crippen LogP contribution in [0, 0.1) is 0 Å². The number of hydrogen-bond acceptors (Lipinski definition) is 6. The van der Waals surface area contributed by atoms with Crippen LogP contribution in [0.25, 0.3) is 0 Å². The Hall–Kier alpha value is -3.00. The molecule has 8 heteroatoms. The fraction of sp³-hybridized carbons (Fsp3) is 0.263. The van der Waals surface area contributed by atoms with E-state index in [1.54, 1.807) is 33.5 Å². The van der Waals surface area contributed by atoms with E-state index in [1.807, 2.05) is 24.3 Å². The smallest absolute Gasteiger partial charge is 0.309 e. The molecule has 0 saturated heterocycles. The largest absolute Gasteiger partial charge is 0.493 e. The number of nitrogens with one attached hydrogen (secondary N) is 2. The van der Waals surface area contributed by atoms with E-state index in [9.17, 15) is 4.79 Å². The number of anilines is 2. The lowest BCUT2D eigenvalue weighted by Crippen LogP contribution is -2.19. The van der Waals surface area contributed by atoms with Gasteiger partial charge in [-0.3, -0.25) is 4.79 Å². The molecule has 0 saturated carbocycles. The van der Waals surface area contributed by atoms with Crippen LogP contribution in [0.4, 0.5) is 11.4 Å². The highest BCUT2D eigenvalue weighted by Gasteiger charge is 2.13. The monoisotopic (exact) mass is 390 g/mol. The Morgan fingerprint density at radius 2 is 1.44 bits per heavy atom. The molecule has 0 aliphatic carbocycles. The van der Waals surface area contributed by atoms with Crippen molar-refractivity contribution in [1.29, 1.82) is 0 Å². The summed E-state index contributed by atoms with van der Waals surface area (Å²) in [5.74, 6) is 1.27. The topological polar surface area (TPSA) is 78.1 Å². The quantitative estimate of drug-likeness (QED) is 0.551. The maximum Gasteiger partial charge on any atom is 0.309 e. The first-order valence-electron chi connectivity index (χ1n) is 8.04. The number of benzene rings is 2. The molecule has 0 unspecified atom stereocenters. The van der Waals surface area contributed by atoms with Crippen molar-refractivity contribution < 1.29 is 23.7 Å². The minimum absolute atomic E-state index is 0.227. The zero-order valence-electron chi connectivity index (χ0n) is 15.6. The van der Waals surface area contributed by atoms with Crippen LogP contribution in [0.15, 0.2) is 36.4 Å². The lowest BCUT2D eigenvalue weighted by molar-refractivity contribution is -0.139. The second-order valence-corrected chi connectivity index (χ2v) is 5.85. The van der Waals surface area contributed by atoms with Gasteiger partial charge in [-0.1, -0.05) is 12.1 Å². The molecule has 0 heterocycles. The van der Waals surface area contributed by atoms with E-state index in [0.717, 1.165) is 11.3 Å². The molecule has 2 aromatic carbocycles. The molecule has 0 fully saturated rings. The summed E-state index contributed by atoms with van der Waals surface area (Å²) >= 11 is 5.35. The Bertz CT molecular complexity index is 783. The van der Waals surface area contributed by atoms with Gasteiger partial charge >= 0.3 is 5.97 Å². The van der Waals surface area contributed by atoms with Gasteiger partial charge in [-0.05, 0) is 29.9 Å². The lowest BCUT2D eigenvalue weighted by Gasteiger charge is -2.16. The van der Waals surface area contributed by atoms with Crippen molar-refractivity contribution in [3.63, 3.8) is 0 Å². The molecular weight excluding hydrogens is 368 g/mol. The van der Waals surface area contributed by atoms with Crippen LogP contribution in [0.2, 0.25) is 0 Å². The van der Waals surface area contributed by atoms with Crippen molar-refractivity contribution in [1.82, 2.24) is 0 Å². The van der Waals surface area contributed by atoms with Gasteiger partial charge < -0.3 is 29.6 Å². The highest BCUT2D eigenvalue weighted by molar-refractivity contribution is 7.80. The molecule has 144 valence electrons. The number of carbonyl (C=O) groups is 1. The normalized spacial score (nSPS) is 9.93. The zero-order valence-corrected chi connectivity index (χ0v) is 16.4.